The van der Waals surface area contributed by atoms with Gasteiger partial charge in [0.05, 0.1) is 6.61 Å². The minimum atomic E-state index is -0.144. The molecule has 0 saturated heterocycles. The highest BCUT2D eigenvalue weighted by atomic mass is 16.5. The second kappa shape index (κ2) is 6.37. The molecule has 0 spiro atoms. The second-order valence-electron chi connectivity index (χ2n) is 6.59. The van der Waals surface area contributed by atoms with Gasteiger partial charge in [0.15, 0.2) is 0 Å². The number of aliphatic hydroxyl groups excluding tert-OH is 1. The van der Waals surface area contributed by atoms with Crippen LogP contribution in [0.15, 0.2) is 18.2 Å². The molecule has 1 aromatic rings. The van der Waals surface area contributed by atoms with E-state index in [4.69, 9.17) is 4.74 Å². The zero-order valence-corrected chi connectivity index (χ0v) is 13.0. The monoisotopic (exact) mass is 289 g/mol. The molecular weight excluding hydrogens is 262 g/mol. The number of fused-ring (bicyclic) bond motifs is 1. The third-order valence-electron chi connectivity index (χ3n) is 5.03. The van der Waals surface area contributed by atoms with Gasteiger partial charge in [-0.1, -0.05) is 13.0 Å². The molecule has 2 unspecified atom stereocenters. The van der Waals surface area contributed by atoms with Crippen LogP contribution in [0.3, 0.4) is 0 Å². The first-order valence-corrected chi connectivity index (χ1v) is 8.39. The molecule has 0 amide bonds. The van der Waals surface area contributed by atoms with Gasteiger partial charge < -0.3 is 15.2 Å². The molecule has 116 valence electrons. The van der Waals surface area contributed by atoms with Crippen LogP contribution in [0.1, 0.15) is 50.2 Å². The van der Waals surface area contributed by atoms with Gasteiger partial charge in [-0.05, 0) is 68.3 Å². The summed E-state index contributed by atoms with van der Waals surface area (Å²) in [6, 6.07) is 6.57. The van der Waals surface area contributed by atoms with E-state index in [0.717, 1.165) is 38.0 Å². The van der Waals surface area contributed by atoms with E-state index in [9.17, 15) is 5.11 Å². The average Bonchev–Trinajstić information content (AvgIpc) is 2.95. The molecule has 2 aliphatic rings. The predicted molar refractivity (Wildman–Crippen MR) is 84.8 cm³/mol. The number of hydrogen-bond acceptors (Lipinski definition) is 3. The molecule has 1 saturated carbocycles. The summed E-state index contributed by atoms with van der Waals surface area (Å²) >= 11 is 0. The fourth-order valence-electron chi connectivity index (χ4n) is 3.96. The van der Waals surface area contributed by atoms with Gasteiger partial charge >= 0.3 is 0 Å². The van der Waals surface area contributed by atoms with E-state index in [1.807, 2.05) is 0 Å². The Bertz CT molecular complexity index is 484. The van der Waals surface area contributed by atoms with Crippen molar-refractivity contribution >= 4 is 0 Å². The van der Waals surface area contributed by atoms with Crippen LogP contribution < -0.4 is 10.1 Å². The molecule has 0 aliphatic heterocycles. The molecule has 3 rings (SSSR count). The summed E-state index contributed by atoms with van der Waals surface area (Å²) in [4.78, 5) is 0. The molecule has 0 aromatic heterocycles. The van der Waals surface area contributed by atoms with Crippen LogP contribution in [0.4, 0.5) is 0 Å². The molecule has 0 bridgehead atoms. The Morgan fingerprint density at radius 2 is 2.14 bits per heavy atom. The van der Waals surface area contributed by atoms with Gasteiger partial charge in [-0.3, -0.25) is 0 Å². The molecule has 2 atom stereocenters. The summed E-state index contributed by atoms with van der Waals surface area (Å²) in [5, 5.41) is 13.2. The third kappa shape index (κ3) is 3.24. The lowest BCUT2D eigenvalue weighted by atomic mass is 9.80. The standard InChI is InChI=1S/C18H27NO2/c1-2-19-18(13-20)10-4-7-17(12-18)21-16-9-8-14-5-3-6-15(14)11-16/h8-9,11,17,19-20H,2-7,10,12-13H2,1H3. The summed E-state index contributed by atoms with van der Waals surface area (Å²) in [7, 11) is 0. The second-order valence-corrected chi connectivity index (χ2v) is 6.59. The van der Waals surface area contributed by atoms with E-state index in [1.54, 1.807) is 0 Å². The number of likely N-dealkylation sites (N-methyl/N-ethyl adjacent to an activating group) is 1. The first-order valence-electron chi connectivity index (χ1n) is 8.39. The van der Waals surface area contributed by atoms with Gasteiger partial charge in [-0.2, -0.15) is 0 Å². The Balaban J connectivity index is 1.67. The molecule has 1 aromatic carbocycles. The predicted octanol–water partition coefficient (Wildman–Crippen LogP) is 2.84. The van der Waals surface area contributed by atoms with Gasteiger partial charge in [-0.25, -0.2) is 0 Å². The quantitative estimate of drug-likeness (QED) is 0.876. The zero-order valence-electron chi connectivity index (χ0n) is 13.0. The van der Waals surface area contributed by atoms with Crippen LogP contribution >= 0.6 is 0 Å². The average molecular weight is 289 g/mol. The molecule has 1 fully saturated rings. The maximum absolute atomic E-state index is 9.77. The highest BCUT2D eigenvalue weighted by Crippen LogP contribution is 2.32. The van der Waals surface area contributed by atoms with Crippen molar-refractivity contribution in [3.8, 4) is 5.75 Å². The molecule has 0 heterocycles. The minimum Gasteiger partial charge on any atom is -0.490 e. The maximum atomic E-state index is 9.77. The van der Waals surface area contributed by atoms with Crippen molar-refractivity contribution in [2.45, 2.75) is 63.5 Å². The van der Waals surface area contributed by atoms with Crippen LogP contribution in [0, 0.1) is 0 Å². The minimum absolute atomic E-state index is 0.144. The van der Waals surface area contributed by atoms with Crippen molar-refractivity contribution in [3.05, 3.63) is 29.3 Å². The summed E-state index contributed by atoms with van der Waals surface area (Å²) in [6.07, 6.45) is 8.03. The fourth-order valence-corrected chi connectivity index (χ4v) is 3.96. The van der Waals surface area contributed by atoms with Crippen LogP contribution in [-0.2, 0) is 12.8 Å². The number of aryl methyl sites for hydroxylation is 2. The largest absolute Gasteiger partial charge is 0.490 e. The molecule has 3 heteroatoms. The number of nitrogens with one attached hydrogen (secondary N) is 1. The van der Waals surface area contributed by atoms with Crippen molar-refractivity contribution in [2.24, 2.45) is 0 Å². The van der Waals surface area contributed by atoms with Crippen molar-refractivity contribution in [3.63, 3.8) is 0 Å². The number of ether oxygens (including phenoxy) is 1. The molecule has 2 aliphatic carbocycles. The van der Waals surface area contributed by atoms with Gasteiger partial charge in [-0.15, -0.1) is 0 Å². The van der Waals surface area contributed by atoms with Gasteiger partial charge in [0.2, 0.25) is 0 Å². The van der Waals surface area contributed by atoms with Gasteiger partial charge in [0.25, 0.3) is 0 Å². The van der Waals surface area contributed by atoms with E-state index in [0.29, 0.717) is 0 Å². The lowest BCUT2D eigenvalue weighted by Gasteiger charge is -2.40. The first-order chi connectivity index (χ1) is 10.2. The number of aliphatic hydroxyl groups is 1. The van der Waals surface area contributed by atoms with E-state index < -0.39 is 0 Å². The summed E-state index contributed by atoms with van der Waals surface area (Å²) in [5.74, 6) is 1.01. The number of benzene rings is 1. The topological polar surface area (TPSA) is 41.5 Å². The Morgan fingerprint density at radius 3 is 2.95 bits per heavy atom. The van der Waals surface area contributed by atoms with Crippen molar-refractivity contribution in [1.82, 2.24) is 5.32 Å². The van der Waals surface area contributed by atoms with Crippen molar-refractivity contribution < 1.29 is 9.84 Å². The smallest absolute Gasteiger partial charge is 0.120 e. The Hall–Kier alpha value is -1.06. The SMILES string of the molecule is CCNC1(CO)CCCC(Oc2ccc3c(c2)CCC3)C1. The van der Waals surface area contributed by atoms with E-state index in [2.05, 4.69) is 30.4 Å². The number of hydrogen-bond donors (Lipinski definition) is 2. The van der Waals surface area contributed by atoms with Crippen LogP contribution in [0.5, 0.6) is 5.75 Å². The Labute approximate surface area is 127 Å². The van der Waals surface area contributed by atoms with Gasteiger partial charge in [0.1, 0.15) is 11.9 Å². The van der Waals surface area contributed by atoms with Crippen LogP contribution in [0.2, 0.25) is 0 Å². The van der Waals surface area contributed by atoms with E-state index >= 15 is 0 Å². The highest BCUT2D eigenvalue weighted by molar-refractivity contribution is 5.38. The van der Waals surface area contributed by atoms with Crippen LogP contribution in [0.25, 0.3) is 0 Å². The van der Waals surface area contributed by atoms with Gasteiger partial charge in [0, 0.05) is 12.0 Å². The Kier molecular flexibility index (Phi) is 4.51. The molecule has 21 heavy (non-hydrogen) atoms. The fraction of sp³-hybridized carbons (Fsp3) is 0.667. The van der Waals surface area contributed by atoms with E-state index in [1.165, 1.54) is 30.4 Å². The number of rotatable bonds is 5. The normalized spacial score (nSPS) is 28.4. The Morgan fingerprint density at radius 1 is 1.29 bits per heavy atom. The zero-order chi connectivity index (χ0) is 14.7. The lowest BCUT2D eigenvalue weighted by Crippen LogP contribution is -2.53. The summed E-state index contributed by atoms with van der Waals surface area (Å²) in [5.41, 5.74) is 2.81. The third-order valence-corrected chi connectivity index (χ3v) is 5.03. The van der Waals surface area contributed by atoms with E-state index in [-0.39, 0.29) is 18.2 Å². The molecular formula is C18H27NO2. The molecule has 0 radical (unpaired) electrons. The van der Waals surface area contributed by atoms with Crippen molar-refractivity contribution in [1.29, 1.82) is 0 Å². The summed E-state index contributed by atoms with van der Waals surface area (Å²) < 4.78 is 6.23. The maximum Gasteiger partial charge on any atom is 0.120 e. The highest BCUT2D eigenvalue weighted by Gasteiger charge is 2.36. The summed E-state index contributed by atoms with van der Waals surface area (Å²) in [6.45, 7) is 3.19. The first kappa shape index (κ1) is 14.9. The van der Waals surface area contributed by atoms with Crippen LogP contribution in [-0.4, -0.2) is 29.9 Å². The lowest BCUT2D eigenvalue weighted by molar-refractivity contribution is 0.0520. The molecule has 3 nitrogen and oxygen atoms in total. The molecule has 2 N–H and O–H groups in total. The van der Waals surface area contributed by atoms with Crippen molar-refractivity contribution in [2.75, 3.05) is 13.2 Å².